The van der Waals surface area contributed by atoms with Crippen LogP contribution in [-0.4, -0.2) is 26.4 Å². The molecule has 0 rings (SSSR count). The SMILES string of the molecule is CCOCCCCCOCC(C)C. The van der Waals surface area contributed by atoms with Crippen molar-refractivity contribution in [2.45, 2.75) is 40.0 Å². The quantitative estimate of drug-likeness (QED) is 0.518. The molecule has 0 unspecified atom stereocenters. The first kappa shape index (κ1) is 12.9. The van der Waals surface area contributed by atoms with Crippen molar-refractivity contribution < 1.29 is 9.47 Å². The largest absolute Gasteiger partial charge is 0.382 e. The van der Waals surface area contributed by atoms with Gasteiger partial charge in [-0.2, -0.15) is 0 Å². The summed E-state index contributed by atoms with van der Waals surface area (Å²) in [6.07, 6.45) is 3.55. The van der Waals surface area contributed by atoms with Crippen molar-refractivity contribution >= 4 is 0 Å². The van der Waals surface area contributed by atoms with E-state index in [0.29, 0.717) is 5.92 Å². The molecule has 0 fully saturated rings. The molecular formula is C11H24O2. The first-order chi connectivity index (χ1) is 6.27. The number of ether oxygens (including phenoxy) is 2. The standard InChI is InChI=1S/C11H24O2/c1-4-12-8-6-5-7-9-13-10-11(2)3/h11H,4-10H2,1-3H3. The molecule has 2 heteroatoms. The molecule has 0 aliphatic carbocycles. The Morgan fingerprint density at radius 2 is 1.54 bits per heavy atom. The molecule has 0 aromatic rings. The summed E-state index contributed by atoms with van der Waals surface area (Å²) in [5, 5.41) is 0. The van der Waals surface area contributed by atoms with Crippen LogP contribution in [0.15, 0.2) is 0 Å². The van der Waals surface area contributed by atoms with Gasteiger partial charge >= 0.3 is 0 Å². The molecule has 0 aliphatic heterocycles. The highest BCUT2D eigenvalue weighted by atomic mass is 16.5. The minimum absolute atomic E-state index is 0.656. The van der Waals surface area contributed by atoms with Gasteiger partial charge in [0.25, 0.3) is 0 Å². The van der Waals surface area contributed by atoms with E-state index in [1.54, 1.807) is 0 Å². The molecule has 0 aromatic carbocycles. The van der Waals surface area contributed by atoms with E-state index in [2.05, 4.69) is 13.8 Å². The van der Waals surface area contributed by atoms with E-state index in [0.717, 1.165) is 26.4 Å². The summed E-state index contributed by atoms with van der Waals surface area (Å²) in [6.45, 7) is 9.93. The molecule has 0 heterocycles. The second-order valence-electron chi connectivity index (χ2n) is 3.73. The minimum Gasteiger partial charge on any atom is -0.382 e. The molecule has 0 bridgehead atoms. The summed E-state index contributed by atoms with van der Waals surface area (Å²) in [5.41, 5.74) is 0. The van der Waals surface area contributed by atoms with Crippen molar-refractivity contribution in [2.75, 3.05) is 26.4 Å². The van der Waals surface area contributed by atoms with E-state index in [4.69, 9.17) is 9.47 Å². The van der Waals surface area contributed by atoms with Gasteiger partial charge in [-0.3, -0.25) is 0 Å². The predicted molar refractivity (Wildman–Crippen MR) is 56.0 cm³/mol. The molecule has 0 aromatic heterocycles. The van der Waals surface area contributed by atoms with Gasteiger partial charge in [0.2, 0.25) is 0 Å². The van der Waals surface area contributed by atoms with Crippen molar-refractivity contribution in [3.63, 3.8) is 0 Å². The Morgan fingerprint density at radius 1 is 0.923 bits per heavy atom. The van der Waals surface area contributed by atoms with Crippen molar-refractivity contribution in [2.24, 2.45) is 5.92 Å². The third-order valence-corrected chi connectivity index (χ3v) is 1.73. The van der Waals surface area contributed by atoms with E-state index >= 15 is 0 Å². The van der Waals surface area contributed by atoms with Crippen molar-refractivity contribution in [3.8, 4) is 0 Å². The van der Waals surface area contributed by atoms with Crippen molar-refractivity contribution in [3.05, 3.63) is 0 Å². The maximum absolute atomic E-state index is 5.46. The second-order valence-corrected chi connectivity index (χ2v) is 3.73. The zero-order valence-corrected chi connectivity index (χ0v) is 9.34. The van der Waals surface area contributed by atoms with Gasteiger partial charge in [-0.05, 0) is 32.1 Å². The van der Waals surface area contributed by atoms with Crippen LogP contribution < -0.4 is 0 Å². The Morgan fingerprint density at radius 3 is 2.08 bits per heavy atom. The van der Waals surface area contributed by atoms with Gasteiger partial charge in [0.1, 0.15) is 0 Å². The molecule has 13 heavy (non-hydrogen) atoms. The molecule has 0 atom stereocenters. The van der Waals surface area contributed by atoms with Crippen LogP contribution in [0, 0.1) is 5.92 Å². The molecule has 0 saturated carbocycles. The maximum atomic E-state index is 5.46. The molecule has 0 aliphatic rings. The van der Waals surface area contributed by atoms with E-state index in [-0.39, 0.29) is 0 Å². The van der Waals surface area contributed by atoms with Crippen LogP contribution in [0.1, 0.15) is 40.0 Å². The second kappa shape index (κ2) is 10.0. The highest BCUT2D eigenvalue weighted by molar-refractivity contribution is 4.43. The number of hydrogen-bond acceptors (Lipinski definition) is 2. The Hall–Kier alpha value is -0.0800. The van der Waals surface area contributed by atoms with Crippen LogP contribution in [0.4, 0.5) is 0 Å². The van der Waals surface area contributed by atoms with E-state index < -0.39 is 0 Å². The van der Waals surface area contributed by atoms with Crippen LogP contribution in [0.3, 0.4) is 0 Å². The first-order valence-corrected chi connectivity index (χ1v) is 5.42. The summed E-state index contributed by atoms with van der Waals surface area (Å²) in [4.78, 5) is 0. The Kier molecular flexibility index (Phi) is 9.94. The predicted octanol–water partition coefficient (Wildman–Crippen LogP) is 2.87. The average Bonchev–Trinajstić information content (AvgIpc) is 2.09. The molecule has 0 amide bonds. The lowest BCUT2D eigenvalue weighted by Gasteiger charge is -2.06. The third-order valence-electron chi connectivity index (χ3n) is 1.73. The fraction of sp³-hybridized carbons (Fsp3) is 1.00. The highest BCUT2D eigenvalue weighted by Crippen LogP contribution is 1.98. The molecule has 0 spiro atoms. The molecule has 0 N–H and O–H groups in total. The van der Waals surface area contributed by atoms with Gasteiger partial charge < -0.3 is 9.47 Å². The summed E-state index contributed by atoms with van der Waals surface area (Å²) in [7, 11) is 0. The fourth-order valence-electron chi connectivity index (χ4n) is 1.05. The van der Waals surface area contributed by atoms with E-state index in [1.165, 1.54) is 19.3 Å². The Balaban J connectivity index is 2.84. The van der Waals surface area contributed by atoms with Crippen molar-refractivity contribution in [1.82, 2.24) is 0 Å². The van der Waals surface area contributed by atoms with Gasteiger partial charge in [0.15, 0.2) is 0 Å². The average molecular weight is 188 g/mol. The number of hydrogen-bond donors (Lipinski definition) is 0. The lowest BCUT2D eigenvalue weighted by molar-refractivity contribution is 0.101. The first-order valence-electron chi connectivity index (χ1n) is 5.42. The number of rotatable bonds is 9. The Bertz CT molecular complexity index is 92.1. The minimum atomic E-state index is 0.656. The van der Waals surface area contributed by atoms with Crippen LogP contribution in [0.25, 0.3) is 0 Å². The van der Waals surface area contributed by atoms with Gasteiger partial charge in [-0.1, -0.05) is 13.8 Å². The summed E-state index contributed by atoms with van der Waals surface area (Å²) in [6, 6.07) is 0. The maximum Gasteiger partial charge on any atom is 0.0488 e. The fourth-order valence-corrected chi connectivity index (χ4v) is 1.05. The zero-order valence-electron chi connectivity index (χ0n) is 9.34. The molecule has 80 valence electrons. The van der Waals surface area contributed by atoms with E-state index in [9.17, 15) is 0 Å². The van der Waals surface area contributed by atoms with Crippen LogP contribution in [0.2, 0.25) is 0 Å². The monoisotopic (exact) mass is 188 g/mol. The van der Waals surface area contributed by atoms with Crippen LogP contribution in [0.5, 0.6) is 0 Å². The molecular weight excluding hydrogens is 164 g/mol. The van der Waals surface area contributed by atoms with E-state index in [1.807, 2.05) is 6.92 Å². The molecule has 0 radical (unpaired) electrons. The van der Waals surface area contributed by atoms with Crippen LogP contribution in [-0.2, 0) is 9.47 Å². The third kappa shape index (κ3) is 11.9. The topological polar surface area (TPSA) is 18.5 Å². The lowest BCUT2D eigenvalue weighted by Crippen LogP contribution is -2.03. The van der Waals surface area contributed by atoms with Crippen LogP contribution >= 0.6 is 0 Å². The highest BCUT2D eigenvalue weighted by Gasteiger charge is 1.93. The van der Waals surface area contributed by atoms with Crippen molar-refractivity contribution in [1.29, 1.82) is 0 Å². The van der Waals surface area contributed by atoms with Gasteiger partial charge in [0, 0.05) is 26.4 Å². The summed E-state index contributed by atoms with van der Waals surface area (Å²) < 4.78 is 10.7. The van der Waals surface area contributed by atoms with Gasteiger partial charge in [0.05, 0.1) is 0 Å². The molecule has 2 nitrogen and oxygen atoms in total. The summed E-state index contributed by atoms with van der Waals surface area (Å²) in [5.74, 6) is 0.656. The summed E-state index contributed by atoms with van der Waals surface area (Å²) >= 11 is 0. The zero-order chi connectivity index (χ0) is 9.94. The number of unbranched alkanes of at least 4 members (excludes halogenated alkanes) is 2. The smallest absolute Gasteiger partial charge is 0.0488 e. The lowest BCUT2D eigenvalue weighted by atomic mass is 10.2. The normalized spacial score (nSPS) is 11.1. The molecule has 0 saturated heterocycles. The Labute approximate surface area is 82.6 Å². The van der Waals surface area contributed by atoms with Gasteiger partial charge in [-0.25, -0.2) is 0 Å². The van der Waals surface area contributed by atoms with Gasteiger partial charge in [-0.15, -0.1) is 0 Å².